The van der Waals surface area contributed by atoms with Crippen LogP contribution in [-0.2, 0) is 31.0 Å². The Hall–Kier alpha value is -3.83. The summed E-state index contributed by atoms with van der Waals surface area (Å²) in [7, 11) is 4.06. The number of phenolic OH excluding ortho intramolecular Hbond substituents is 1. The average Bonchev–Trinajstić information content (AvgIpc) is 3.30. The van der Waals surface area contributed by atoms with Gasteiger partial charge in [0.1, 0.15) is 11.1 Å². The van der Waals surface area contributed by atoms with E-state index in [2.05, 4.69) is 20.8 Å². The highest BCUT2D eigenvalue weighted by Gasteiger charge is 2.67. The summed E-state index contributed by atoms with van der Waals surface area (Å²) in [5.74, 6) is -6.51. The summed E-state index contributed by atoms with van der Waals surface area (Å²) < 4.78 is 11.8. The molecule has 38 heavy (non-hydrogen) atoms. The van der Waals surface area contributed by atoms with Crippen LogP contribution in [0, 0.1) is 0 Å². The van der Waals surface area contributed by atoms with Crippen LogP contribution in [0.15, 0.2) is 34.6 Å². The Morgan fingerprint density at radius 3 is 2.63 bits per heavy atom. The number of aromatic hydroxyl groups is 1. The number of ether oxygens (including phenoxy) is 2. The van der Waals surface area contributed by atoms with Crippen LogP contribution in [0.25, 0.3) is 0 Å². The second kappa shape index (κ2) is 10.5. The lowest BCUT2D eigenvalue weighted by Crippen LogP contribution is -2.81. The van der Waals surface area contributed by atoms with Crippen molar-refractivity contribution < 1.29 is 44.0 Å². The Labute approximate surface area is 223 Å². The largest absolute Gasteiger partial charge is 0.504 e. The highest BCUT2D eigenvalue weighted by Crippen LogP contribution is 2.47. The van der Waals surface area contributed by atoms with Crippen LogP contribution in [0.3, 0.4) is 0 Å². The van der Waals surface area contributed by atoms with E-state index in [1.54, 1.807) is 7.05 Å². The van der Waals surface area contributed by atoms with Crippen molar-refractivity contribution in [1.82, 2.24) is 30.4 Å². The van der Waals surface area contributed by atoms with Crippen molar-refractivity contribution in [3.63, 3.8) is 0 Å². The van der Waals surface area contributed by atoms with E-state index >= 15 is 0 Å². The maximum atomic E-state index is 13.3. The van der Waals surface area contributed by atoms with Gasteiger partial charge < -0.3 is 30.1 Å². The highest BCUT2D eigenvalue weighted by atomic mass is 32.2. The smallest absolute Gasteiger partial charge is 0.352 e. The quantitative estimate of drug-likeness (QED) is 0.125. The van der Waals surface area contributed by atoms with Gasteiger partial charge in [0.25, 0.3) is 11.6 Å². The molecule has 4 rings (SSSR count). The number of carbonyl (C=O) groups excluding carboxylic acids is 2. The first-order valence-corrected chi connectivity index (χ1v) is 12.8. The molecule has 202 valence electrons. The Kier molecular flexibility index (Phi) is 7.52. The van der Waals surface area contributed by atoms with Crippen LogP contribution in [0.1, 0.15) is 11.5 Å². The molecule has 1 unspecified atom stereocenters. The third-order valence-electron chi connectivity index (χ3n) is 5.95. The number of phenols is 1. The van der Waals surface area contributed by atoms with E-state index in [0.717, 1.165) is 23.8 Å². The number of methoxy groups -OCH3 is 2. The molecule has 3 atom stereocenters. The third kappa shape index (κ3) is 4.52. The fourth-order valence-corrected chi connectivity index (χ4v) is 6.51. The van der Waals surface area contributed by atoms with Crippen molar-refractivity contribution in [2.24, 2.45) is 7.05 Å². The molecule has 2 aliphatic rings. The Morgan fingerprint density at radius 1 is 1.32 bits per heavy atom. The molecule has 0 aliphatic carbocycles. The lowest BCUT2D eigenvalue weighted by Gasteiger charge is -2.56. The van der Waals surface area contributed by atoms with Crippen LogP contribution in [0.5, 0.6) is 11.5 Å². The average molecular weight is 567 g/mol. The number of fused-ring (bicyclic) bond motifs is 1. The summed E-state index contributed by atoms with van der Waals surface area (Å²) >= 11 is 2.35. The number of rotatable bonds is 10. The Bertz CT molecular complexity index is 1350. The highest BCUT2D eigenvalue weighted by molar-refractivity contribution is 8.01. The van der Waals surface area contributed by atoms with Crippen LogP contribution < -0.4 is 10.1 Å². The predicted octanol–water partition coefficient (Wildman–Crippen LogP) is -0.402. The first kappa shape index (κ1) is 27.2. The zero-order chi connectivity index (χ0) is 27.8. The second-order valence-electron chi connectivity index (χ2n) is 8.10. The molecule has 2 amide bonds. The molecule has 0 spiro atoms. The number of aliphatic carboxylic acids is 2. The molecule has 1 saturated heterocycles. The van der Waals surface area contributed by atoms with E-state index in [9.17, 15) is 34.5 Å². The van der Waals surface area contributed by atoms with E-state index < -0.39 is 40.8 Å². The molecule has 17 heteroatoms. The lowest BCUT2D eigenvalue weighted by molar-refractivity contribution is -0.193. The van der Waals surface area contributed by atoms with Crippen molar-refractivity contribution >= 4 is 47.3 Å². The molecule has 4 N–H and O–H groups in total. The normalized spacial score (nSPS) is 21.4. The lowest BCUT2D eigenvalue weighted by atomic mass is 9.94. The number of hydrogen-bond donors (Lipinski definition) is 4. The van der Waals surface area contributed by atoms with Gasteiger partial charge in [0, 0.05) is 25.7 Å². The number of tetrazole rings is 1. The van der Waals surface area contributed by atoms with Gasteiger partial charge in [-0.3, -0.25) is 19.3 Å². The van der Waals surface area contributed by atoms with E-state index in [1.165, 1.54) is 41.8 Å². The summed E-state index contributed by atoms with van der Waals surface area (Å²) in [4.78, 5) is 51.8. The first-order chi connectivity index (χ1) is 18.0. The van der Waals surface area contributed by atoms with Gasteiger partial charge in [-0.1, -0.05) is 17.8 Å². The molecule has 1 aromatic heterocycles. The number of thioether (sulfide) groups is 2. The maximum absolute atomic E-state index is 13.3. The molecule has 2 aliphatic heterocycles. The summed E-state index contributed by atoms with van der Waals surface area (Å²) in [5, 5.41) is 42.5. The zero-order valence-electron chi connectivity index (χ0n) is 20.1. The first-order valence-electron chi connectivity index (χ1n) is 10.8. The molecule has 0 radical (unpaired) electrons. The standard InChI is InChI=1S/C21H22N6O9S2/c1-26-20(23-24-25-26)38-8-10-7-37-19-21(36-3,18(34)27(19)14(10)17(32)33)22-15(29)13(16(30)31)9-4-5-11(28)12(6-9)35-2/h4-6,13,19,28H,7-8H2,1-3H3,(H,22,29)(H,30,31)(H,32,33)/t13?,19-,21+/m1/s1. The van der Waals surface area contributed by atoms with Crippen LogP contribution in [0.2, 0.25) is 0 Å². The number of carboxylic acids is 2. The van der Waals surface area contributed by atoms with Gasteiger partial charge in [-0.25, -0.2) is 9.48 Å². The second-order valence-corrected chi connectivity index (χ2v) is 10.1. The number of aryl methyl sites for hydroxylation is 1. The molecule has 1 aromatic carbocycles. The SMILES string of the molecule is COc1cc(C(C(=O)O)C(=O)N[C@]2(OC)C(=O)N3C(C(=O)O)=C(CSc4nnnn4C)CS[C@@H]32)ccc1O. The summed E-state index contributed by atoms with van der Waals surface area (Å²) in [5.41, 5.74) is -1.82. The zero-order valence-corrected chi connectivity index (χ0v) is 21.8. The van der Waals surface area contributed by atoms with E-state index in [4.69, 9.17) is 9.47 Å². The Balaban J connectivity index is 1.59. The van der Waals surface area contributed by atoms with Gasteiger partial charge in [0.2, 0.25) is 11.1 Å². The number of benzene rings is 1. The topological polar surface area (TPSA) is 206 Å². The summed E-state index contributed by atoms with van der Waals surface area (Å²) in [6.07, 6.45) is 0. The van der Waals surface area contributed by atoms with E-state index in [0.29, 0.717) is 10.7 Å². The van der Waals surface area contributed by atoms with E-state index in [-0.39, 0.29) is 34.3 Å². The van der Waals surface area contributed by atoms with Crippen LogP contribution >= 0.6 is 23.5 Å². The van der Waals surface area contributed by atoms with Crippen molar-refractivity contribution in [3.8, 4) is 11.5 Å². The van der Waals surface area contributed by atoms with Gasteiger partial charge in [-0.15, -0.1) is 16.9 Å². The molecule has 1 fully saturated rings. The molecular weight excluding hydrogens is 544 g/mol. The minimum atomic E-state index is -2.00. The summed E-state index contributed by atoms with van der Waals surface area (Å²) in [6.45, 7) is 0. The number of amides is 2. The van der Waals surface area contributed by atoms with Crippen molar-refractivity contribution in [2.45, 2.75) is 22.2 Å². The van der Waals surface area contributed by atoms with Gasteiger partial charge in [-0.2, -0.15) is 0 Å². The third-order valence-corrected chi connectivity index (χ3v) is 8.42. The van der Waals surface area contributed by atoms with Gasteiger partial charge in [-0.05, 0) is 33.7 Å². The van der Waals surface area contributed by atoms with Crippen molar-refractivity contribution in [3.05, 3.63) is 35.0 Å². The molecule has 0 bridgehead atoms. The van der Waals surface area contributed by atoms with Crippen LogP contribution in [0.4, 0.5) is 0 Å². The number of nitrogens with one attached hydrogen (secondary N) is 1. The number of nitrogens with zero attached hydrogens (tertiary/aromatic N) is 5. The molecule has 0 saturated carbocycles. The number of hydrogen-bond acceptors (Lipinski definition) is 12. The minimum Gasteiger partial charge on any atom is -0.504 e. The molecule has 15 nitrogen and oxygen atoms in total. The Morgan fingerprint density at radius 2 is 2.05 bits per heavy atom. The fourth-order valence-electron chi connectivity index (χ4n) is 4.08. The molecule has 3 heterocycles. The van der Waals surface area contributed by atoms with Gasteiger partial charge in [0.05, 0.1) is 7.11 Å². The predicted molar refractivity (Wildman–Crippen MR) is 130 cm³/mol. The van der Waals surface area contributed by atoms with Gasteiger partial charge in [0.15, 0.2) is 17.4 Å². The number of β-lactam (4-membered cyclic amide) rings is 1. The fraction of sp³-hybridized carbons (Fsp3) is 0.381. The van der Waals surface area contributed by atoms with Crippen LogP contribution in [-0.4, -0.2) is 101 Å². The van der Waals surface area contributed by atoms with Crippen molar-refractivity contribution in [2.75, 3.05) is 25.7 Å². The van der Waals surface area contributed by atoms with Gasteiger partial charge >= 0.3 is 11.9 Å². The molecule has 2 aromatic rings. The summed E-state index contributed by atoms with van der Waals surface area (Å²) in [6, 6.07) is 3.61. The monoisotopic (exact) mass is 566 g/mol. The number of aromatic nitrogens is 4. The molecular formula is C21H22N6O9S2. The maximum Gasteiger partial charge on any atom is 0.352 e. The van der Waals surface area contributed by atoms with E-state index in [1.807, 2.05) is 0 Å². The minimum absolute atomic E-state index is 0.0143. The van der Waals surface area contributed by atoms with Crippen molar-refractivity contribution in [1.29, 1.82) is 0 Å². The number of carboxylic acid groups (broad SMARTS) is 2. The number of carbonyl (C=O) groups is 4.